The molecule has 4 heteroatoms. The second-order valence-electron chi connectivity index (χ2n) is 8.92. The molecule has 0 amide bonds. The minimum atomic E-state index is -1.78. The maximum Gasteiger partial charge on any atom is 0.191 e. The molecule has 1 N–H and O–H groups in total. The first-order valence-electron chi connectivity index (χ1n) is 9.59. The topological polar surface area (TPSA) is 38.7 Å². The van der Waals surface area contributed by atoms with Gasteiger partial charge in [0.05, 0.1) is 18.8 Å². The predicted octanol–water partition coefficient (Wildman–Crippen LogP) is 5.56. The second-order valence-corrected chi connectivity index (χ2v) is 13.7. The van der Waals surface area contributed by atoms with Crippen LogP contribution in [0.5, 0.6) is 0 Å². The Morgan fingerprint density at radius 1 is 1.15 bits per heavy atom. The molecule has 0 fully saturated rings. The van der Waals surface area contributed by atoms with Crippen LogP contribution >= 0.6 is 0 Å². The van der Waals surface area contributed by atoms with Gasteiger partial charge in [0.1, 0.15) is 0 Å². The molecule has 26 heavy (non-hydrogen) atoms. The van der Waals surface area contributed by atoms with Crippen molar-refractivity contribution >= 4 is 8.32 Å². The van der Waals surface area contributed by atoms with E-state index in [1.807, 2.05) is 44.2 Å². The molecule has 0 radical (unpaired) electrons. The van der Waals surface area contributed by atoms with Gasteiger partial charge in [-0.25, -0.2) is 0 Å². The number of hydrogen-bond acceptors (Lipinski definition) is 3. The molecule has 1 rings (SSSR count). The molecule has 0 saturated carbocycles. The van der Waals surface area contributed by atoms with Crippen LogP contribution in [-0.4, -0.2) is 32.2 Å². The molecule has 0 aliphatic heterocycles. The largest absolute Gasteiger partial charge is 0.416 e. The van der Waals surface area contributed by atoms with Gasteiger partial charge < -0.3 is 14.3 Å². The highest BCUT2D eigenvalue weighted by atomic mass is 28.4. The minimum Gasteiger partial charge on any atom is -0.416 e. The van der Waals surface area contributed by atoms with Crippen molar-refractivity contribution in [3.63, 3.8) is 0 Å². The van der Waals surface area contributed by atoms with Gasteiger partial charge in [0.2, 0.25) is 0 Å². The summed E-state index contributed by atoms with van der Waals surface area (Å²) in [5.41, 5.74) is 2.07. The molecule has 148 valence electrons. The van der Waals surface area contributed by atoms with Gasteiger partial charge in [-0.3, -0.25) is 0 Å². The monoisotopic (exact) mass is 378 g/mol. The average molecular weight is 379 g/mol. The van der Waals surface area contributed by atoms with E-state index in [9.17, 15) is 5.11 Å². The molecule has 0 aliphatic rings. The number of rotatable bonds is 10. The lowest BCUT2D eigenvalue weighted by molar-refractivity contribution is 0.0520. The zero-order chi connectivity index (χ0) is 20.0. The van der Waals surface area contributed by atoms with Crippen molar-refractivity contribution < 1.29 is 14.3 Å². The van der Waals surface area contributed by atoms with Crippen LogP contribution in [-0.2, 0) is 15.8 Å². The third-order valence-corrected chi connectivity index (χ3v) is 10.1. The fourth-order valence-corrected chi connectivity index (χ4v) is 3.33. The summed E-state index contributed by atoms with van der Waals surface area (Å²) in [6.07, 6.45) is -0.00810. The Morgan fingerprint density at radius 3 is 2.27 bits per heavy atom. The summed E-state index contributed by atoms with van der Waals surface area (Å²) in [4.78, 5) is 0. The van der Waals surface area contributed by atoms with Crippen molar-refractivity contribution in [2.45, 2.75) is 78.0 Å². The summed E-state index contributed by atoms with van der Waals surface area (Å²) in [6, 6.07) is 10.1. The maximum atomic E-state index is 10.5. The summed E-state index contributed by atoms with van der Waals surface area (Å²) in [6.45, 7) is 20.5. The summed E-state index contributed by atoms with van der Waals surface area (Å²) in [5.74, 6) is 0.0715. The Bertz CT molecular complexity index is 548. The van der Waals surface area contributed by atoms with Gasteiger partial charge in [-0.15, -0.1) is 0 Å². The van der Waals surface area contributed by atoms with Crippen LogP contribution in [0.2, 0.25) is 18.1 Å². The van der Waals surface area contributed by atoms with E-state index in [1.165, 1.54) is 0 Å². The normalized spacial score (nSPS) is 16.2. The highest BCUT2D eigenvalue weighted by molar-refractivity contribution is 6.74. The van der Waals surface area contributed by atoms with Crippen molar-refractivity contribution in [2.75, 3.05) is 6.61 Å². The van der Waals surface area contributed by atoms with Crippen molar-refractivity contribution in [1.29, 1.82) is 0 Å². The summed E-state index contributed by atoms with van der Waals surface area (Å²) < 4.78 is 12.1. The van der Waals surface area contributed by atoms with Crippen molar-refractivity contribution in [1.82, 2.24) is 0 Å². The van der Waals surface area contributed by atoms with Crippen molar-refractivity contribution in [3.05, 3.63) is 48.0 Å². The van der Waals surface area contributed by atoms with Crippen LogP contribution in [0.25, 0.3) is 0 Å². The average Bonchev–Trinajstić information content (AvgIpc) is 2.57. The molecule has 0 aliphatic carbocycles. The van der Waals surface area contributed by atoms with E-state index in [1.54, 1.807) is 0 Å². The summed E-state index contributed by atoms with van der Waals surface area (Å²) in [5, 5.41) is 10.7. The lowest BCUT2D eigenvalue weighted by atomic mass is 9.97. The first kappa shape index (κ1) is 23.1. The van der Waals surface area contributed by atoms with Crippen LogP contribution in [0.3, 0.4) is 0 Å². The molecule has 0 heterocycles. The van der Waals surface area contributed by atoms with Crippen LogP contribution in [0.15, 0.2) is 42.5 Å². The van der Waals surface area contributed by atoms with E-state index >= 15 is 0 Å². The van der Waals surface area contributed by atoms with Crippen LogP contribution in [0.1, 0.15) is 46.6 Å². The lowest BCUT2D eigenvalue weighted by Crippen LogP contribution is -2.42. The Labute approximate surface area is 161 Å². The molecule has 0 unspecified atom stereocenters. The van der Waals surface area contributed by atoms with Gasteiger partial charge >= 0.3 is 0 Å². The number of benzene rings is 1. The highest BCUT2D eigenvalue weighted by Gasteiger charge is 2.37. The van der Waals surface area contributed by atoms with Gasteiger partial charge in [-0.2, -0.15) is 0 Å². The molecule has 0 spiro atoms. The summed E-state index contributed by atoms with van der Waals surface area (Å²) >= 11 is 0. The zero-order valence-electron chi connectivity index (χ0n) is 17.7. The first-order chi connectivity index (χ1) is 11.9. The molecule has 1 aromatic rings. The summed E-state index contributed by atoms with van der Waals surface area (Å²) in [7, 11) is -1.78. The fraction of sp³-hybridized carbons (Fsp3) is 0.636. The molecular formula is C22H38O3Si. The fourth-order valence-electron chi connectivity index (χ4n) is 2.22. The smallest absolute Gasteiger partial charge is 0.191 e. The van der Waals surface area contributed by atoms with E-state index in [-0.39, 0.29) is 17.1 Å². The number of ether oxygens (including phenoxy) is 1. The third-order valence-electron chi connectivity index (χ3n) is 5.56. The number of hydrogen-bond donors (Lipinski definition) is 1. The Balaban J connectivity index is 2.42. The van der Waals surface area contributed by atoms with Gasteiger partial charge in [0.25, 0.3) is 0 Å². The maximum absolute atomic E-state index is 10.5. The standard InChI is InChI=1S/C22H38O3Si/c1-17(19(3)24-16-20-12-10-9-11-13-20)14-21(23)18(2)15-25-26(7,8)22(4,5)6/h9-13,18-19,21,23H,1,14-16H2,2-8H3/t18-,19+,21-/m0/s1. The molecule has 0 bridgehead atoms. The van der Waals surface area contributed by atoms with Crippen LogP contribution in [0, 0.1) is 5.92 Å². The Hall–Kier alpha value is -0.943. The zero-order valence-corrected chi connectivity index (χ0v) is 18.7. The van der Waals surface area contributed by atoms with Gasteiger partial charge in [0.15, 0.2) is 8.32 Å². The van der Waals surface area contributed by atoms with Gasteiger partial charge in [-0.05, 0) is 42.6 Å². The molecule has 0 saturated heterocycles. The number of aliphatic hydroxyl groups is 1. The molecule has 1 aromatic carbocycles. The predicted molar refractivity (Wildman–Crippen MR) is 113 cm³/mol. The van der Waals surface area contributed by atoms with Gasteiger partial charge in [0, 0.05) is 12.5 Å². The van der Waals surface area contributed by atoms with E-state index in [0.717, 1.165) is 11.1 Å². The third kappa shape index (κ3) is 7.35. The molecule has 3 atom stereocenters. The Kier molecular flexibility index (Phi) is 8.74. The minimum absolute atomic E-state index is 0.0715. The number of aliphatic hydroxyl groups excluding tert-OH is 1. The molecular weight excluding hydrogens is 340 g/mol. The van der Waals surface area contributed by atoms with E-state index in [0.29, 0.717) is 19.6 Å². The highest BCUT2D eigenvalue weighted by Crippen LogP contribution is 2.37. The van der Waals surface area contributed by atoms with E-state index in [2.05, 4.69) is 40.4 Å². The van der Waals surface area contributed by atoms with E-state index in [4.69, 9.17) is 9.16 Å². The quantitative estimate of drug-likeness (QED) is 0.428. The first-order valence-corrected chi connectivity index (χ1v) is 12.5. The second kappa shape index (κ2) is 9.84. The van der Waals surface area contributed by atoms with E-state index < -0.39 is 14.4 Å². The van der Waals surface area contributed by atoms with Crippen LogP contribution in [0.4, 0.5) is 0 Å². The Morgan fingerprint density at radius 2 is 1.73 bits per heavy atom. The van der Waals surface area contributed by atoms with Crippen molar-refractivity contribution in [3.8, 4) is 0 Å². The van der Waals surface area contributed by atoms with Crippen molar-refractivity contribution in [2.24, 2.45) is 5.92 Å². The molecule has 0 aromatic heterocycles. The van der Waals surface area contributed by atoms with Gasteiger partial charge in [-0.1, -0.05) is 64.6 Å². The molecule has 3 nitrogen and oxygen atoms in total. The van der Waals surface area contributed by atoms with Crippen LogP contribution < -0.4 is 0 Å². The lowest BCUT2D eigenvalue weighted by Gasteiger charge is -2.37. The SMILES string of the molecule is C=C(C[C@H](O)[C@@H](C)CO[Si](C)(C)C(C)(C)C)[C@@H](C)OCc1ccccc1.